The monoisotopic (exact) mass is 932 g/mol. The minimum absolute atomic E-state index is 0.00226. The van der Waals surface area contributed by atoms with E-state index in [9.17, 15) is 29.2 Å². The Morgan fingerprint density at radius 3 is 2.10 bits per heavy atom. The van der Waals surface area contributed by atoms with Gasteiger partial charge >= 0.3 is 0 Å². The Balaban J connectivity index is 1.59. The molecule has 0 aliphatic carbocycles. The second-order valence-electron chi connectivity index (χ2n) is 17.9. The van der Waals surface area contributed by atoms with Crippen LogP contribution < -0.4 is 52.8 Å². The molecule has 4 bridgehead atoms. The van der Waals surface area contributed by atoms with Crippen molar-refractivity contribution in [3.63, 3.8) is 0 Å². The van der Waals surface area contributed by atoms with E-state index < -0.39 is 53.7 Å². The third-order valence-electron chi connectivity index (χ3n) is 11.6. The number of nitrogens with two attached hydrogens (primary N) is 3. The third kappa shape index (κ3) is 12.5. The van der Waals surface area contributed by atoms with Gasteiger partial charge in [0.25, 0.3) is 5.91 Å². The molecule has 1 aliphatic rings. The first-order valence-electron chi connectivity index (χ1n) is 22.6. The lowest BCUT2D eigenvalue weighted by Gasteiger charge is -2.32. The number of anilines is 1. The Morgan fingerprint density at radius 2 is 1.51 bits per heavy atom. The molecule has 362 valence electrons. The summed E-state index contributed by atoms with van der Waals surface area (Å²) in [5.41, 5.74) is 23.7. The standard InChI is InChI=1S/C50H65N11O7/c1-29-35(28-40(60(6)7)43(56-29)32-10-13-34(14-11-32)50(3,4)5)46(63)58-38(17-18-51)49(66)61(8)44-33-12-16-42(68-24-21-54)37(27-33)36-25-31(9-15-41(36)67-23-20-53)26-39(47(64)55-22-19-52)59-45(62)30(2)57-48(44)65/h9-16,25,27-28,30,38-39,44H,17-18,20-24,26,51,53-54H2,1-8H3,(H,55,64)(H,57,65)(H,58,63)(H,59,62)/t30-,38-,39-,44-/m0/s1. The van der Waals surface area contributed by atoms with Crippen LogP contribution in [0.3, 0.4) is 0 Å². The number of hydrogen-bond acceptors (Lipinski definition) is 13. The van der Waals surface area contributed by atoms with E-state index in [4.69, 9.17) is 31.7 Å². The van der Waals surface area contributed by atoms with Crippen LogP contribution in [-0.4, -0.2) is 118 Å². The molecule has 10 N–H and O–H groups in total. The second-order valence-corrected chi connectivity index (χ2v) is 17.9. The molecule has 4 atom stereocenters. The summed E-state index contributed by atoms with van der Waals surface area (Å²) in [4.78, 5) is 78.9. The van der Waals surface area contributed by atoms with Crippen LogP contribution in [0.1, 0.15) is 72.9 Å². The number of carbonyl (C=O) groups excluding carboxylic acids is 5. The van der Waals surface area contributed by atoms with E-state index in [0.29, 0.717) is 50.8 Å². The predicted molar refractivity (Wildman–Crippen MR) is 261 cm³/mol. The molecule has 4 aromatic rings. The number of pyridine rings is 1. The van der Waals surface area contributed by atoms with Crippen LogP contribution in [0.25, 0.3) is 22.4 Å². The van der Waals surface area contributed by atoms with Gasteiger partial charge in [-0.25, -0.2) is 0 Å². The lowest BCUT2D eigenvalue weighted by atomic mass is 9.86. The summed E-state index contributed by atoms with van der Waals surface area (Å²) < 4.78 is 12.2. The van der Waals surface area contributed by atoms with Crippen molar-refractivity contribution in [3.8, 4) is 40.0 Å². The Labute approximate surface area is 398 Å². The number of fused-ring (bicyclic) bond motifs is 5. The maximum atomic E-state index is 14.8. The molecule has 0 unspecified atom stereocenters. The molecule has 0 spiro atoms. The highest BCUT2D eigenvalue weighted by atomic mass is 16.5. The van der Waals surface area contributed by atoms with Crippen molar-refractivity contribution < 1.29 is 33.4 Å². The fourth-order valence-corrected chi connectivity index (χ4v) is 7.87. The zero-order chi connectivity index (χ0) is 49.9. The first-order valence-corrected chi connectivity index (χ1v) is 22.6. The van der Waals surface area contributed by atoms with E-state index in [-0.39, 0.29) is 63.2 Å². The summed E-state index contributed by atoms with van der Waals surface area (Å²) in [7, 11) is 5.15. The zero-order valence-corrected chi connectivity index (χ0v) is 40.2. The van der Waals surface area contributed by atoms with Gasteiger partial charge in [-0.2, -0.15) is 5.26 Å². The molecule has 0 saturated heterocycles. The molecule has 68 heavy (non-hydrogen) atoms. The van der Waals surface area contributed by atoms with E-state index in [1.807, 2.05) is 37.2 Å². The maximum Gasteiger partial charge on any atom is 0.253 e. The van der Waals surface area contributed by atoms with E-state index in [2.05, 4.69) is 54.2 Å². The Bertz CT molecular complexity index is 2520. The van der Waals surface area contributed by atoms with Crippen molar-refractivity contribution in [1.29, 1.82) is 5.26 Å². The quantitative estimate of drug-likeness (QED) is 0.0798. The molecule has 1 aromatic heterocycles. The van der Waals surface area contributed by atoms with Gasteiger partial charge < -0.3 is 57.7 Å². The number of ether oxygens (including phenoxy) is 2. The van der Waals surface area contributed by atoms with Gasteiger partial charge in [-0.15, -0.1) is 0 Å². The van der Waals surface area contributed by atoms with Crippen molar-refractivity contribution in [2.75, 3.05) is 65.4 Å². The van der Waals surface area contributed by atoms with Gasteiger partial charge in [0.2, 0.25) is 23.6 Å². The normalized spacial score (nSPS) is 16.5. The Hall–Kier alpha value is -7.07. The van der Waals surface area contributed by atoms with Crippen molar-refractivity contribution in [3.05, 3.63) is 94.7 Å². The van der Waals surface area contributed by atoms with Crippen LogP contribution >= 0.6 is 0 Å². The van der Waals surface area contributed by atoms with Crippen LogP contribution in [0.4, 0.5) is 5.69 Å². The number of benzene rings is 3. The second kappa shape index (κ2) is 23.1. The summed E-state index contributed by atoms with van der Waals surface area (Å²) in [6, 6.07) is 17.0. The number of nitrogens with zero attached hydrogens (tertiary/aromatic N) is 4. The number of amides is 5. The largest absolute Gasteiger partial charge is 0.492 e. The topological polar surface area (TPSA) is 273 Å². The number of nitriles is 1. The number of aryl methyl sites for hydroxylation is 1. The molecular weight excluding hydrogens is 867 g/mol. The summed E-state index contributed by atoms with van der Waals surface area (Å²) in [5.74, 6) is -2.51. The van der Waals surface area contributed by atoms with Gasteiger partial charge in [-0.1, -0.05) is 57.2 Å². The molecule has 5 amide bonds. The van der Waals surface area contributed by atoms with Gasteiger partial charge in [0.05, 0.1) is 28.7 Å². The molecule has 0 fully saturated rings. The van der Waals surface area contributed by atoms with E-state index >= 15 is 0 Å². The van der Waals surface area contributed by atoms with Crippen molar-refractivity contribution in [1.82, 2.24) is 31.2 Å². The summed E-state index contributed by atoms with van der Waals surface area (Å²) >= 11 is 0. The minimum atomic E-state index is -1.40. The van der Waals surface area contributed by atoms with E-state index in [1.54, 1.807) is 49.4 Å². The van der Waals surface area contributed by atoms with Crippen LogP contribution in [0.5, 0.6) is 11.5 Å². The first kappa shape index (κ1) is 51.9. The number of aromatic nitrogens is 1. The van der Waals surface area contributed by atoms with Gasteiger partial charge in [-0.05, 0) is 79.3 Å². The van der Waals surface area contributed by atoms with E-state index in [0.717, 1.165) is 5.56 Å². The highest BCUT2D eigenvalue weighted by Gasteiger charge is 2.36. The number of nitrogens with one attached hydrogen (secondary N) is 4. The van der Waals surface area contributed by atoms with Gasteiger partial charge in [-0.3, -0.25) is 29.0 Å². The predicted octanol–water partition coefficient (Wildman–Crippen LogP) is 2.59. The molecule has 5 rings (SSSR count). The molecule has 0 saturated carbocycles. The zero-order valence-electron chi connectivity index (χ0n) is 40.2. The molecule has 2 heterocycles. The molecule has 3 aromatic carbocycles. The number of carbonyl (C=O) groups is 5. The lowest BCUT2D eigenvalue weighted by Crippen LogP contribution is -2.56. The summed E-state index contributed by atoms with van der Waals surface area (Å²) in [5, 5.41) is 20.0. The molecule has 18 nitrogen and oxygen atoms in total. The average molecular weight is 932 g/mol. The van der Waals surface area contributed by atoms with Crippen LogP contribution in [-0.2, 0) is 31.0 Å². The third-order valence-corrected chi connectivity index (χ3v) is 11.6. The minimum Gasteiger partial charge on any atom is -0.492 e. The van der Waals surface area contributed by atoms with Gasteiger partial charge in [0.15, 0.2) is 0 Å². The lowest BCUT2D eigenvalue weighted by molar-refractivity contribution is -0.141. The SMILES string of the molecule is Cc1nc(-c2ccc(C(C)(C)C)cc2)c(N(C)C)cc1C(=O)N[C@@H](CCN)C(=O)N(C)[C@@H]1C(=O)N[C@@H](C)C(=O)N[C@H](C(=O)NCC#N)Cc2ccc(OCCN)c(c2)-c2cc1ccc2OCCN. The Kier molecular flexibility index (Phi) is 17.6. The fraction of sp³-hybridized carbons (Fsp3) is 0.420. The van der Waals surface area contributed by atoms with Crippen molar-refractivity contribution in [2.45, 2.75) is 77.0 Å². The van der Waals surface area contributed by atoms with Crippen molar-refractivity contribution >= 4 is 35.2 Å². The highest BCUT2D eigenvalue weighted by Crippen LogP contribution is 2.40. The van der Waals surface area contributed by atoms with Gasteiger partial charge in [0.1, 0.15) is 55.4 Å². The fourth-order valence-electron chi connectivity index (χ4n) is 7.87. The Morgan fingerprint density at radius 1 is 0.882 bits per heavy atom. The van der Waals surface area contributed by atoms with Crippen LogP contribution in [0.2, 0.25) is 0 Å². The van der Waals surface area contributed by atoms with Crippen LogP contribution in [0, 0.1) is 18.3 Å². The number of likely N-dealkylation sites (N-methyl/N-ethyl adjacent to an activating group) is 1. The number of hydrogen-bond donors (Lipinski definition) is 7. The molecule has 0 radical (unpaired) electrons. The summed E-state index contributed by atoms with van der Waals surface area (Å²) in [6.07, 6.45) is 0.0105. The van der Waals surface area contributed by atoms with Crippen LogP contribution in [0.15, 0.2) is 66.7 Å². The summed E-state index contributed by atoms with van der Waals surface area (Å²) in [6.45, 7) is 9.98. The smallest absolute Gasteiger partial charge is 0.253 e. The molecule has 1 aliphatic heterocycles. The van der Waals surface area contributed by atoms with E-state index in [1.165, 1.54) is 24.4 Å². The highest BCUT2D eigenvalue weighted by molar-refractivity contribution is 6.01. The average Bonchev–Trinajstić information content (AvgIpc) is 3.30. The molecular formula is C50H65N11O7. The van der Waals surface area contributed by atoms with Gasteiger partial charge in [0, 0.05) is 57.3 Å². The molecule has 18 heteroatoms. The first-order chi connectivity index (χ1) is 32.3. The number of rotatable bonds is 16. The maximum absolute atomic E-state index is 14.8. The van der Waals surface area contributed by atoms with Crippen molar-refractivity contribution in [2.24, 2.45) is 17.2 Å².